The van der Waals surface area contributed by atoms with Gasteiger partial charge in [0, 0.05) is 23.4 Å². The predicted molar refractivity (Wildman–Crippen MR) is 119 cm³/mol. The Bertz CT molecular complexity index is 999. The van der Waals surface area contributed by atoms with E-state index in [0.717, 1.165) is 10.9 Å². The lowest BCUT2D eigenvalue weighted by atomic mass is 9.98. The summed E-state index contributed by atoms with van der Waals surface area (Å²) in [6, 6.07) is 5.52. The first-order valence-electron chi connectivity index (χ1n) is 10.8. The smallest absolute Gasteiger partial charge is 0.268 e. The average molecular weight is 443 g/mol. The average Bonchev–Trinajstić information content (AvgIpc) is 3.38. The fourth-order valence-electron chi connectivity index (χ4n) is 3.97. The van der Waals surface area contributed by atoms with Crippen molar-refractivity contribution in [3.05, 3.63) is 30.0 Å². The zero-order valence-electron chi connectivity index (χ0n) is 18.6. The van der Waals surface area contributed by atoms with E-state index < -0.39 is 23.9 Å². The van der Waals surface area contributed by atoms with Gasteiger partial charge in [0.25, 0.3) is 5.91 Å². The molecule has 0 spiro atoms. The second-order valence-electron chi connectivity index (χ2n) is 8.52. The Hall–Kier alpha value is -3.36. The maximum absolute atomic E-state index is 12.9. The quantitative estimate of drug-likeness (QED) is 0.415. The van der Waals surface area contributed by atoms with Crippen LogP contribution in [0.15, 0.2) is 24.3 Å². The SMILES string of the molecule is COc1cccc2[nH]c(C(=O)N[C@@H](CC(C)C)C(=O)N[C@H](C=O)C[C@@H]3CCNC3=O)cc12. The number of hydrogen-bond acceptors (Lipinski definition) is 5. The predicted octanol–water partition coefficient (Wildman–Crippen LogP) is 1.53. The van der Waals surface area contributed by atoms with Crippen LogP contribution in [0.1, 0.15) is 43.6 Å². The van der Waals surface area contributed by atoms with Crippen molar-refractivity contribution in [3.63, 3.8) is 0 Å². The zero-order chi connectivity index (χ0) is 23.3. The van der Waals surface area contributed by atoms with Crippen LogP contribution in [0.2, 0.25) is 0 Å². The minimum Gasteiger partial charge on any atom is -0.496 e. The maximum atomic E-state index is 12.9. The summed E-state index contributed by atoms with van der Waals surface area (Å²) < 4.78 is 5.33. The van der Waals surface area contributed by atoms with Gasteiger partial charge >= 0.3 is 0 Å². The fourth-order valence-corrected chi connectivity index (χ4v) is 3.97. The highest BCUT2D eigenvalue weighted by Crippen LogP contribution is 2.26. The van der Waals surface area contributed by atoms with Crippen LogP contribution in [0.3, 0.4) is 0 Å². The van der Waals surface area contributed by atoms with Crippen molar-refractivity contribution in [1.82, 2.24) is 20.9 Å². The number of nitrogens with one attached hydrogen (secondary N) is 4. The molecule has 32 heavy (non-hydrogen) atoms. The molecule has 2 aromatic rings. The zero-order valence-corrected chi connectivity index (χ0v) is 18.6. The maximum Gasteiger partial charge on any atom is 0.268 e. The van der Waals surface area contributed by atoms with Gasteiger partial charge in [-0.25, -0.2) is 0 Å². The van der Waals surface area contributed by atoms with Crippen molar-refractivity contribution in [3.8, 4) is 5.75 Å². The number of methoxy groups -OCH3 is 1. The number of rotatable bonds is 10. The number of amides is 3. The Morgan fingerprint density at radius 3 is 2.69 bits per heavy atom. The monoisotopic (exact) mass is 442 g/mol. The van der Waals surface area contributed by atoms with Crippen LogP contribution in [0, 0.1) is 11.8 Å². The number of carbonyl (C=O) groups is 4. The van der Waals surface area contributed by atoms with E-state index in [2.05, 4.69) is 20.9 Å². The molecule has 2 heterocycles. The largest absolute Gasteiger partial charge is 0.496 e. The lowest BCUT2D eigenvalue weighted by molar-refractivity contribution is -0.127. The van der Waals surface area contributed by atoms with Crippen LogP contribution in [-0.2, 0) is 14.4 Å². The third kappa shape index (κ3) is 5.46. The van der Waals surface area contributed by atoms with Gasteiger partial charge in [0.1, 0.15) is 23.8 Å². The first-order valence-corrected chi connectivity index (χ1v) is 10.8. The number of H-pyrrole nitrogens is 1. The Morgan fingerprint density at radius 1 is 1.28 bits per heavy atom. The van der Waals surface area contributed by atoms with Crippen molar-refractivity contribution >= 4 is 34.9 Å². The number of aromatic amines is 1. The van der Waals surface area contributed by atoms with E-state index in [9.17, 15) is 19.2 Å². The number of carbonyl (C=O) groups excluding carboxylic acids is 4. The van der Waals surface area contributed by atoms with E-state index in [0.29, 0.717) is 37.1 Å². The Balaban J connectivity index is 1.71. The summed E-state index contributed by atoms with van der Waals surface area (Å²) in [6.45, 7) is 4.46. The van der Waals surface area contributed by atoms with Gasteiger partial charge < -0.3 is 30.5 Å². The Labute approximate surface area is 186 Å². The van der Waals surface area contributed by atoms with Gasteiger partial charge in [-0.3, -0.25) is 14.4 Å². The van der Waals surface area contributed by atoms with Crippen molar-refractivity contribution in [2.24, 2.45) is 11.8 Å². The minimum absolute atomic E-state index is 0.104. The normalized spacial score (nSPS) is 17.6. The number of aldehydes is 1. The molecule has 1 fully saturated rings. The molecule has 3 amide bonds. The molecule has 9 heteroatoms. The molecule has 1 aliphatic rings. The molecule has 1 aromatic heterocycles. The molecular formula is C23H30N4O5. The van der Waals surface area contributed by atoms with Gasteiger partial charge in [-0.2, -0.15) is 0 Å². The molecule has 1 aromatic carbocycles. The summed E-state index contributed by atoms with van der Waals surface area (Å²) in [5.41, 5.74) is 1.05. The number of aromatic nitrogens is 1. The lowest BCUT2D eigenvalue weighted by Gasteiger charge is -2.23. The molecule has 4 N–H and O–H groups in total. The summed E-state index contributed by atoms with van der Waals surface area (Å²) in [5.74, 6) is -0.515. The van der Waals surface area contributed by atoms with E-state index in [1.807, 2.05) is 26.0 Å². The molecule has 0 saturated carbocycles. The summed E-state index contributed by atoms with van der Waals surface area (Å²) >= 11 is 0. The highest BCUT2D eigenvalue weighted by molar-refractivity contribution is 6.01. The molecule has 1 saturated heterocycles. The van der Waals surface area contributed by atoms with E-state index in [-0.39, 0.29) is 24.2 Å². The first kappa shape index (κ1) is 23.3. The summed E-state index contributed by atoms with van der Waals surface area (Å²) in [7, 11) is 1.56. The second kappa shape index (κ2) is 10.3. The van der Waals surface area contributed by atoms with Crippen LogP contribution >= 0.6 is 0 Å². The van der Waals surface area contributed by atoms with Crippen molar-refractivity contribution in [1.29, 1.82) is 0 Å². The molecule has 172 valence electrons. The van der Waals surface area contributed by atoms with Crippen LogP contribution in [0.4, 0.5) is 0 Å². The lowest BCUT2D eigenvalue weighted by Crippen LogP contribution is -2.51. The van der Waals surface area contributed by atoms with Crippen molar-refractivity contribution in [2.75, 3.05) is 13.7 Å². The highest BCUT2D eigenvalue weighted by atomic mass is 16.5. The minimum atomic E-state index is -0.823. The molecule has 9 nitrogen and oxygen atoms in total. The van der Waals surface area contributed by atoms with Gasteiger partial charge in [0.05, 0.1) is 13.2 Å². The van der Waals surface area contributed by atoms with Crippen molar-refractivity contribution in [2.45, 2.75) is 45.2 Å². The fraction of sp³-hybridized carbons (Fsp3) is 0.478. The third-order valence-corrected chi connectivity index (χ3v) is 5.61. The molecule has 0 bridgehead atoms. The van der Waals surface area contributed by atoms with Gasteiger partial charge in [0.15, 0.2) is 0 Å². The molecule has 3 atom stereocenters. The molecule has 3 rings (SSSR count). The number of benzene rings is 1. The number of ether oxygens (including phenoxy) is 1. The topological polar surface area (TPSA) is 129 Å². The van der Waals surface area contributed by atoms with Crippen LogP contribution < -0.4 is 20.7 Å². The standard InChI is InChI=1S/C23H30N4O5/c1-13(2)9-18(22(30)25-15(12-28)10-14-7-8-24-21(14)29)27-23(31)19-11-16-17(26-19)5-4-6-20(16)32-3/h4-6,11-15,18,26H,7-10H2,1-3H3,(H,24,29)(H,25,30)(H,27,31)/t14-,15-,18-/m0/s1. The first-order chi connectivity index (χ1) is 15.3. The van der Waals surface area contributed by atoms with Gasteiger partial charge in [-0.1, -0.05) is 19.9 Å². The molecule has 1 aliphatic heterocycles. The summed E-state index contributed by atoms with van der Waals surface area (Å²) in [6.07, 6.45) is 1.92. The van der Waals surface area contributed by atoms with Gasteiger partial charge in [-0.05, 0) is 43.4 Å². The number of hydrogen-bond donors (Lipinski definition) is 4. The molecule has 0 aliphatic carbocycles. The third-order valence-electron chi connectivity index (χ3n) is 5.61. The summed E-state index contributed by atoms with van der Waals surface area (Å²) in [5, 5.41) is 8.96. The van der Waals surface area contributed by atoms with Crippen LogP contribution in [0.5, 0.6) is 5.75 Å². The number of fused-ring (bicyclic) bond motifs is 1. The Morgan fingerprint density at radius 2 is 2.06 bits per heavy atom. The summed E-state index contributed by atoms with van der Waals surface area (Å²) in [4.78, 5) is 52.2. The molecule has 0 unspecified atom stereocenters. The Kier molecular flexibility index (Phi) is 7.50. The van der Waals surface area contributed by atoms with E-state index in [1.54, 1.807) is 19.2 Å². The highest BCUT2D eigenvalue weighted by Gasteiger charge is 2.30. The van der Waals surface area contributed by atoms with E-state index in [1.165, 1.54) is 0 Å². The van der Waals surface area contributed by atoms with Crippen molar-refractivity contribution < 1.29 is 23.9 Å². The second-order valence-corrected chi connectivity index (χ2v) is 8.52. The molecule has 0 radical (unpaired) electrons. The van der Waals surface area contributed by atoms with E-state index >= 15 is 0 Å². The molecular weight excluding hydrogens is 412 g/mol. The van der Waals surface area contributed by atoms with Gasteiger partial charge in [-0.15, -0.1) is 0 Å². The van der Waals surface area contributed by atoms with Crippen LogP contribution in [0.25, 0.3) is 10.9 Å². The van der Waals surface area contributed by atoms with Crippen LogP contribution in [-0.4, -0.2) is 54.7 Å². The van der Waals surface area contributed by atoms with Gasteiger partial charge in [0.2, 0.25) is 11.8 Å². The van der Waals surface area contributed by atoms with E-state index in [4.69, 9.17) is 4.74 Å².